The van der Waals surface area contributed by atoms with Crippen molar-refractivity contribution < 1.29 is 4.39 Å². The predicted octanol–water partition coefficient (Wildman–Crippen LogP) is 1.70. The summed E-state index contributed by atoms with van der Waals surface area (Å²) in [4.78, 5) is 0. The highest BCUT2D eigenvalue weighted by molar-refractivity contribution is 5.16. The molecule has 2 rings (SSSR count). The summed E-state index contributed by atoms with van der Waals surface area (Å²) in [6, 6.07) is 6.79. The van der Waals surface area contributed by atoms with Gasteiger partial charge >= 0.3 is 0 Å². The molecule has 0 spiro atoms. The Morgan fingerprint density at radius 2 is 2.19 bits per heavy atom. The zero-order chi connectivity index (χ0) is 11.4. The maximum absolute atomic E-state index is 12.9. The lowest BCUT2D eigenvalue weighted by Gasteiger charge is -2.13. The maximum atomic E-state index is 12.9. The summed E-state index contributed by atoms with van der Waals surface area (Å²) >= 11 is 0. The van der Waals surface area contributed by atoms with Gasteiger partial charge in [-0.2, -0.15) is 0 Å². The molecule has 3 N–H and O–H groups in total. The molecule has 0 atom stereocenters. The first kappa shape index (κ1) is 11.6. The molecule has 0 bridgehead atoms. The summed E-state index contributed by atoms with van der Waals surface area (Å²) in [5.41, 5.74) is 7.12. The molecular weight excluding hydrogens is 203 g/mol. The van der Waals surface area contributed by atoms with Gasteiger partial charge in [0.25, 0.3) is 0 Å². The molecule has 3 heteroatoms. The standard InChI is InChI=1S/C13H19FN2/c14-12-3-1-2-11(8-12)4-7-16-10-13(9-15)5-6-13/h1-3,8,16H,4-7,9-10,15H2. The molecule has 1 aromatic carbocycles. The quantitative estimate of drug-likeness (QED) is 0.719. The summed E-state index contributed by atoms with van der Waals surface area (Å²) in [6.45, 7) is 2.67. The third-order valence-corrected chi connectivity index (χ3v) is 3.37. The topological polar surface area (TPSA) is 38.0 Å². The van der Waals surface area contributed by atoms with E-state index in [-0.39, 0.29) is 5.82 Å². The van der Waals surface area contributed by atoms with E-state index in [0.29, 0.717) is 5.41 Å². The second-order valence-corrected chi connectivity index (χ2v) is 4.76. The average Bonchev–Trinajstić information content (AvgIpc) is 3.05. The summed E-state index contributed by atoms with van der Waals surface area (Å²) in [5.74, 6) is -0.155. The molecule has 0 aliphatic heterocycles. The second-order valence-electron chi connectivity index (χ2n) is 4.76. The van der Waals surface area contributed by atoms with Gasteiger partial charge in [-0.15, -0.1) is 0 Å². The SMILES string of the molecule is NCC1(CNCCc2cccc(F)c2)CC1. The number of nitrogens with one attached hydrogen (secondary N) is 1. The first-order valence-corrected chi connectivity index (χ1v) is 5.89. The number of benzene rings is 1. The van der Waals surface area contributed by atoms with Crippen LogP contribution in [0.2, 0.25) is 0 Å². The molecule has 16 heavy (non-hydrogen) atoms. The Morgan fingerprint density at radius 3 is 2.81 bits per heavy atom. The van der Waals surface area contributed by atoms with Crippen molar-refractivity contribution in [1.29, 1.82) is 0 Å². The molecule has 1 aliphatic carbocycles. The number of nitrogens with two attached hydrogens (primary N) is 1. The van der Waals surface area contributed by atoms with Gasteiger partial charge in [-0.3, -0.25) is 0 Å². The first-order chi connectivity index (χ1) is 7.74. The lowest BCUT2D eigenvalue weighted by molar-refractivity contribution is 0.470. The van der Waals surface area contributed by atoms with Crippen molar-refractivity contribution in [1.82, 2.24) is 5.32 Å². The third-order valence-electron chi connectivity index (χ3n) is 3.37. The molecule has 88 valence electrons. The number of hydrogen-bond donors (Lipinski definition) is 2. The smallest absolute Gasteiger partial charge is 0.123 e. The minimum atomic E-state index is -0.155. The Labute approximate surface area is 96.0 Å². The van der Waals surface area contributed by atoms with Gasteiger partial charge in [0, 0.05) is 6.54 Å². The van der Waals surface area contributed by atoms with Crippen LogP contribution < -0.4 is 11.1 Å². The molecule has 0 radical (unpaired) electrons. The molecule has 0 unspecified atom stereocenters. The van der Waals surface area contributed by atoms with Crippen molar-refractivity contribution in [3.8, 4) is 0 Å². The van der Waals surface area contributed by atoms with E-state index in [9.17, 15) is 4.39 Å². The Kier molecular flexibility index (Phi) is 3.56. The monoisotopic (exact) mass is 222 g/mol. The van der Waals surface area contributed by atoms with Gasteiger partial charge < -0.3 is 11.1 Å². The number of rotatable bonds is 6. The molecular formula is C13H19FN2. The van der Waals surface area contributed by atoms with Crippen LogP contribution in [0.25, 0.3) is 0 Å². The van der Waals surface area contributed by atoms with Crippen LogP contribution >= 0.6 is 0 Å². The molecule has 0 heterocycles. The molecule has 1 saturated carbocycles. The van der Waals surface area contributed by atoms with E-state index in [4.69, 9.17) is 5.73 Å². The normalized spacial score (nSPS) is 17.4. The summed E-state index contributed by atoms with van der Waals surface area (Å²) in [7, 11) is 0. The first-order valence-electron chi connectivity index (χ1n) is 5.89. The van der Waals surface area contributed by atoms with Crippen molar-refractivity contribution in [2.24, 2.45) is 11.1 Å². The van der Waals surface area contributed by atoms with Crippen LogP contribution in [0.1, 0.15) is 18.4 Å². The summed E-state index contributed by atoms with van der Waals surface area (Å²) < 4.78 is 12.9. The molecule has 1 aliphatic rings. The van der Waals surface area contributed by atoms with Crippen LogP contribution in [0.4, 0.5) is 4.39 Å². The molecule has 1 fully saturated rings. The van der Waals surface area contributed by atoms with E-state index in [1.807, 2.05) is 6.07 Å². The van der Waals surface area contributed by atoms with Crippen LogP contribution in [-0.2, 0) is 6.42 Å². The van der Waals surface area contributed by atoms with Gasteiger partial charge in [-0.05, 0) is 55.5 Å². The van der Waals surface area contributed by atoms with Crippen molar-refractivity contribution in [2.75, 3.05) is 19.6 Å². The van der Waals surface area contributed by atoms with Gasteiger partial charge in [0.05, 0.1) is 0 Å². The van der Waals surface area contributed by atoms with E-state index in [0.717, 1.165) is 31.6 Å². The predicted molar refractivity (Wildman–Crippen MR) is 63.7 cm³/mol. The van der Waals surface area contributed by atoms with Crippen molar-refractivity contribution in [3.05, 3.63) is 35.6 Å². The fraction of sp³-hybridized carbons (Fsp3) is 0.538. The minimum Gasteiger partial charge on any atom is -0.330 e. The fourth-order valence-corrected chi connectivity index (χ4v) is 1.91. The summed E-state index contributed by atoms with van der Waals surface area (Å²) in [6.07, 6.45) is 3.37. The third kappa shape index (κ3) is 3.03. The van der Waals surface area contributed by atoms with Crippen LogP contribution in [0.15, 0.2) is 24.3 Å². The maximum Gasteiger partial charge on any atom is 0.123 e. The van der Waals surface area contributed by atoms with Gasteiger partial charge in [0.1, 0.15) is 5.82 Å². The van der Waals surface area contributed by atoms with Gasteiger partial charge in [0.2, 0.25) is 0 Å². The van der Waals surface area contributed by atoms with Crippen LogP contribution in [0.5, 0.6) is 0 Å². The van der Waals surface area contributed by atoms with E-state index in [1.165, 1.54) is 18.9 Å². The highest BCUT2D eigenvalue weighted by Gasteiger charge is 2.40. The van der Waals surface area contributed by atoms with Crippen molar-refractivity contribution in [3.63, 3.8) is 0 Å². The molecule has 1 aromatic rings. The average molecular weight is 222 g/mol. The molecule has 0 saturated heterocycles. The van der Waals surface area contributed by atoms with Gasteiger partial charge in [-0.1, -0.05) is 12.1 Å². The van der Waals surface area contributed by atoms with Crippen LogP contribution in [-0.4, -0.2) is 19.6 Å². The van der Waals surface area contributed by atoms with E-state index in [1.54, 1.807) is 12.1 Å². The lowest BCUT2D eigenvalue weighted by atomic mass is 10.1. The zero-order valence-corrected chi connectivity index (χ0v) is 9.51. The largest absolute Gasteiger partial charge is 0.330 e. The minimum absolute atomic E-state index is 0.155. The second kappa shape index (κ2) is 4.93. The van der Waals surface area contributed by atoms with E-state index >= 15 is 0 Å². The van der Waals surface area contributed by atoms with Crippen LogP contribution in [0.3, 0.4) is 0 Å². The molecule has 2 nitrogen and oxygen atoms in total. The molecule has 0 amide bonds. The lowest BCUT2D eigenvalue weighted by Crippen LogP contribution is -2.30. The number of halogens is 1. The fourth-order valence-electron chi connectivity index (χ4n) is 1.91. The Bertz CT molecular complexity index is 348. The highest BCUT2D eigenvalue weighted by atomic mass is 19.1. The van der Waals surface area contributed by atoms with Gasteiger partial charge in [0.15, 0.2) is 0 Å². The van der Waals surface area contributed by atoms with Crippen molar-refractivity contribution in [2.45, 2.75) is 19.3 Å². The number of hydrogen-bond acceptors (Lipinski definition) is 2. The van der Waals surface area contributed by atoms with Crippen LogP contribution in [0, 0.1) is 11.2 Å². The van der Waals surface area contributed by atoms with E-state index < -0.39 is 0 Å². The highest BCUT2D eigenvalue weighted by Crippen LogP contribution is 2.43. The Balaban J connectivity index is 1.68. The van der Waals surface area contributed by atoms with E-state index in [2.05, 4.69) is 5.32 Å². The van der Waals surface area contributed by atoms with Crippen molar-refractivity contribution >= 4 is 0 Å². The zero-order valence-electron chi connectivity index (χ0n) is 9.51. The Morgan fingerprint density at radius 1 is 1.38 bits per heavy atom. The summed E-state index contributed by atoms with van der Waals surface area (Å²) in [5, 5.41) is 3.40. The van der Waals surface area contributed by atoms with Gasteiger partial charge in [-0.25, -0.2) is 4.39 Å². The molecule has 0 aromatic heterocycles. The Hall–Kier alpha value is -0.930.